The van der Waals surface area contributed by atoms with Crippen LogP contribution in [0.15, 0.2) is 48.7 Å². The summed E-state index contributed by atoms with van der Waals surface area (Å²) in [5, 5.41) is 2.72. The minimum atomic E-state index is -0.407. The fraction of sp³-hybridized carbons (Fsp3) is 0.400. The van der Waals surface area contributed by atoms with Crippen LogP contribution in [0.4, 0.5) is 14.9 Å². The number of aromatic nitrogens is 1. The molecule has 3 saturated heterocycles. The number of urea groups is 1. The van der Waals surface area contributed by atoms with Gasteiger partial charge >= 0.3 is 6.03 Å². The summed E-state index contributed by atoms with van der Waals surface area (Å²) in [5.41, 5.74) is 1.29. The fourth-order valence-corrected chi connectivity index (χ4v) is 4.00. The van der Waals surface area contributed by atoms with Crippen LogP contribution in [-0.2, 0) is 6.54 Å². The Bertz CT molecular complexity index is 769. The van der Waals surface area contributed by atoms with E-state index in [1.165, 1.54) is 6.07 Å². The Morgan fingerprint density at radius 3 is 2.77 bits per heavy atom. The minimum Gasteiger partial charge on any atom is -0.323 e. The van der Waals surface area contributed by atoms with Gasteiger partial charge in [0.05, 0.1) is 11.4 Å². The molecule has 5 nitrogen and oxygen atoms in total. The van der Waals surface area contributed by atoms with Gasteiger partial charge in [0.1, 0.15) is 5.82 Å². The van der Waals surface area contributed by atoms with E-state index in [4.69, 9.17) is 0 Å². The van der Waals surface area contributed by atoms with Gasteiger partial charge in [0, 0.05) is 38.4 Å². The van der Waals surface area contributed by atoms with Crippen molar-refractivity contribution in [3.05, 3.63) is 60.2 Å². The summed E-state index contributed by atoms with van der Waals surface area (Å²) in [4.78, 5) is 21.4. The predicted molar refractivity (Wildman–Crippen MR) is 98.2 cm³/mol. The number of benzene rings is 1. The van der Waals surface area contributed by atoms with E-state index in [2.05, 4.69) is 15.2 Å². The van der Waals surface area contributed by atoms with Gasteiger partial charge in [-0.3, -0.25) is 9.88 Å². The largest absolute Gasteiger partial charge is 0.323 e. The Morgan fingerprint density at radius 2 is 1.96 bits per heavy atom. The van der Waals surface area contributed by atoms with Gasteiger partial charge in [0.15, 0.2) is 0 Å². The van der Waals surface area contributed by atoms with Gasteiger partial charge in [0.2, 0.25) is 0 Å². The maximum absolute atomic E-state index is 13.8. The second kappa shape index (κ2) is 7.41. The molecule has 3 aliphatic rings. The number of anilines is 1. The van der Waals surface area contributed by atoms with Crippen LogP contribution in [-0.4, -0.2) is 46.5 Å². The summed E-state index contributed by atoms with van der Waals surface area (Å²) in [6, 6.07) is 12.4. The first-order valence-electron chi connectivity index (χ1n) is 9.13. The molecule has 2 aromatic rings. The van der Waals surface area contributed by atoms with Crippen LogP contribution >= 0.6 is 0 Å². The first-order valence-corrected chi connectivity index (χ1v) is 9.13. The maximum Gasteiger partial charge on any atom is 0.321 e. The van der Waals surface area contributed by atoms with Crippen LogP contribution in [0, 0.1) is 11.7 Å². The third kappa shape index (κ3) is 3.70. The van der Waals surface area contributed by atoms with Crippen molar-refractivity contribution in [3.8, 4) is 0 Å². The number of halogens is 1. The molecule has 1 aromatic carbocycles. The van der Waals surface area contributed by atoms with Gasteiger partial charge in [0.25, 0.3) is 0 Å². The van der Waals surface area contributed by atoms with Crippen molar-refractivity contribution in [3.63, 3.8) is 0 Å². The summed E-state index contributed by atoms with van der Waals surface area (Å²) in [7, 11) is 0. The van der Waals surface area contributed by atoms with Gasteiger partial charge in [-0.2, -0.15) is 0 Å². The smallest absolute Gasteiger partial charge is 0.321 e. The van der Waals surface area contributed by atoms with E-state index in [9.17, 15) is 9.18 Å². The lowest BCUT2D eigenvalue weighted by molar-refractivity contribution is 0.123. The topological polar surface area (TPSA) is 48.5 Å². The van der Waals surface area contributed by atoms with Gasteiger partial charge < -0.3 is 10.2 Å². The number of fused-ring (bicyclic) bond motifs is 4. The van der Waals surface area contributed by atoms with E-state index >= 15 is 0 Å². The highest BCUT2D eigenvalue weighted by molar-refractivity contribution is 5.89. The lowest BCUT2D eigenvalue weighted by Crippen LogP contribution is -2.44. The van der Waals surface area contributed by atoms with Crippen molar-refractivity contribution < 1.29 is 9.18 Å². The summed E-state index contributed by atoms with van der Waals surface area (Å²) in [6.45, 7) is 3.18. The predicted octanol–water partition coefficient (Wildman–Crippen LogP) is 3.35. The molecule has 1 aromatic heterocycles. The molecular weight excluding hydrogens is 331 g/mol. The zero-order valence-electron chi connectivity index (χ0n) is 14.6. The van der Waals surface area contributed by atoms with Gasteiger partial charge in [-0.1, -0.05) is 18.2 Å². The third-order valence-electron chi connectivity index (χ3n) is 5.32. The number of piperidine rings is 1. The Morgan fingerprint density at radius 1 is 1.12 bits per heavy atom. The van der Waals surface area contributed by atoms with Crippen LogP contribution in [0.2, 0.25) is 0 Å². The first-order chi connectivity index (χ1) is 12.7. The molecule has 0 radical (unpaired) electrons. The lowest BCUT2D eigenvalue weighted by atomic mass is 9.95. The molecule has 26 heavy (non-hydrogen) atoms. The number of hydrogen-bond acceptors (Lipinski definition) is 3. The average Bonchev–Trinajstić information content (AvgIpc) is 2.96. The highest BCUT2D eigenvalue weighted by atomic mass is 19.1. The number of carbonyl (C=O) groups excluding carboxylic acids is 1. The molecular formula is C20H23FN4O. The number of rotatable bonds is 3. The maximum atomic E-state index is 13.8. The molecule has 136 valence electrons. The van der Waals surface area contributed by atoms with Gasteiger partial charge in [-0.05, 0) is 43.0 Å². The van der Waals surface area contributed by atoms with E-state index in [0.29, 0.717) is 18.5 Å². The Labute approximate surface area is 152 Å². The molecule has 0 spiro atoms. The van der Waals surface area contributed by atoms with Gasteiger partial charge in [-0.25, -0.2) is 9.18 Å². The number of nitrogens with zero attached hydrogens (tertiary/aromatic N) is 3. The van der Waals surface area contributed by atoms with Gasteiger partial charge in [-0.15, -0.1) is 0 Å². The summed E-state index contributed by atoms with van der Waals surface area (Å²) in [5.74, 6) is 0.0410. The second-order valence-corrected chi connectivity index (χ2v) is 7.16. The molecule has 6 heteroatoms. The van der Waals surface area contributed by atoms with Crippen LogP contribution < -0.4 is 5.32 Å². The zero-order chi connectivity index (χ0) is 17.9. The lowest BCUT2D eigenvalue weighted by Gasteiger charge is -2.35. The molecule has 2 amide bonds. The number of hydrogen-bond donors (Lipinski definition) is 1. The molecule has 0 aliphatic carbocycles. The molecule has 3 aliphatic heterocycles. The number of para-hydroxylation sites is 1. The van der Waals surface area contributed by atoms with Crippen LogP contribution in [0.1, 0.15) is 18.5 Å². The number of nitrogens with one attached hydrogen (secondary N) is 1. The molecule has 0 unspecified atom stereocenters. The molecule has 1 N–H and O–H groups in total. The second-order valence-electron chi connectivity index (χ2n) is 7.16. The van der Waals surface area contributed by atoms with Crippen molar-refractivity contribution in [1.29, 1.82) is 0 Å². The van der Waals surface area contributed by atoms with Crippen molar-refractivity contribution >= 4 is 11.7 Å². The highest BCUT2D eigenvalue weighted by Crippen LogP contribution is 2.29. The highest BCUT2D eigenvalue weighted by Gasteiger charge is 2.36. The normalized spacial score (nSPS) is 22.9. The van der Waals surface area contributed by atoms with Crippen LogP contribution in [0.5, 0.6) is 0 Å². The first kappa shape index (κ1) is 17.0. The average molecular weight is 354 g/mol. The van der Waals surface area contributed by atoms with Crippen molar-refractivity contribution in [2.45, 2.75) is 25.4 Å². The Hall–Kier alpha value is -2.47. The van der Waals surface area contributed by atoms with Crippen LogP contribution in [0.25, 0.3) is 0 Å². The molecule has 2 bridgehead atoms. The molecule has 4 heterocycles. The van der Waals surface area contributed by atoms with Crippen LogP contribution in [0.3, 0.4) is 0 Å². The van der Waals surface area contributed by atoms with Crippen molar-refractivity contribution in [2.24, 2.45) is 5.92 Å². The molecule has 0 saturated carbocycles. The van der Waals surface area contributed by atoms with Crippen molar-refractivity contribution in [2.75, 3.05) is 25.0 Å². The summed E-state index contributed by atoms with van der Waals surface area (Å²) >= 11 is 0. The quantitative estimate of drug-likeness (QED) is 0.920. The summed E-state index contributed by atoms with van der Waals surface area (Å²) in [6.07, 6.45) is 4.04. The monoisotopic (exact) mass is 354 g/mol. The third-order valence-corrected chi connectivity index (χ3v) is 5.32. The zero-order valence-corrected chi connectivity index (χ0v) is 14.6. The molecule has 3 fully saturated rings. The SMILES string of the molecule is O=C(Nc1ccccc1F)N1C[C@@H]2CC[C@H](C1)N(Cc1ccccn1)C2. The standard InChI is InChI=1S/C20H23FN4O/c21-18-6-1-2-7-19(18)23-20(26)25-12-15-8-9-17(14-25)24(11-15)13-16-5-3-4-10-22-16/h1-7,10,15,17H,8-9,11-14H2,(H,23,26)/t15-,17-/m1/s1. The van der Waals surface area contributed by atoms with E-state index < -0.39 is 5.82 Å². The van der Waals surface area contributed by atoms with E-state index in [1.807, 2.05) is 29.3 Å². The van der Waals surface area contributed by atoms with Crippen molar-refractivity contribution in [1.82, 2.24) is 14.8 Å². The Balaban J connectivity index is 1.44. The van der Waals surface area contributed by atoms with E-state index in [-0.39, 0.29) is 11.7 Å². The number of pyridine rings is 1. The van der Waals surface area contributed by atoms with E-state index in [1.54, 1.807) is 18.2 Å². The Kier molecular flexibility index (Phi) is 4.84. The molecule has 5 rings (SSSR count). The number of carbonyl (C=O) groups is 1. The molecule has 2 atom stereocenters. The number of amides is 2. The fourth-order valence-electron chi connectivity index (χ4n) is 4.00. The summed E-state index contributed by atoms with van der Waals surface area (Å²) < 4.78 is 13.8. The van der Waals surface area contributed by atoms with E-state index in [0.717, 1.165) is 38.2 Å². The minimum absolute atomic E-state index is 0.216.